The Morgan fingerprint density at radius 1 is 1.31 bits per heavy atom. The molecule has 84 valence electrons. The van der Waals surface area contributed by atoms with Crippen molar-refractivity contribution < 1.29 is 19.1 Å². The van der Waals surface area contributed by atoms with Crippen LogP contribution < -0.4 is 0 Å². The van der Waals surface area contributed by atoms with Crippen LogP contribution in [0.1, 0.15) is 6.92 Å². The van der Waals surface area contributed by atoms with Crippen LogP contribution in [-0.4, -0.2) is 35.3 Å². The number of nitrogens with zero attached hydrogens (tertiary/aromatic N) is 1. The summed E-state index contributed by atoms with van der Waals surface area (Å²) in [6.07, 6.45) is 3.56. The highest BCUT2D eigenvalue weighted by atomic mass is 16.6. The van der Waals surface area contributed by atoms with Gasteiger partial charge in [0.1, 0.15) is 0 Å². The van der Waals surface area contributed by atoms with Crippen molar-refractivity contribution in [3.05, 3.63) is 12.2 Å². The van der Waals surface area contributed by atoms with Crippen molar-refractivity contribution in [1.82, 2.24) is 4.90 Å². The molecular formula is C11H11NO4. The van der Waals surface area contributed by atoms with Crippen LogP contribution in [0.25, 0.3) is 0 Å². The zero-order chi connectivity index (χ0) is 11.7. The standard InChI is InChI=1S/C11H11NO4/c1-11-4-3-5(8(13)12(11)2)6-7(11)10(15)16-9(6)14/h3-7H,1-2H3/t5-,6-,7-,11-/m0/s1. The summed E-state index contributed by atoms with van der Waals surface area (Å²) in [5, 5.41) is 0. The van der Waals surface area contributed by atoms with Crippen LogP contribution in [0, 0.1) is 17.8 Å². The Labute approximate surface area is 92.0 Å². The van der Waals surface area contributed by atoms with Gasteiger partial charge in [-0.25, -0.2) is 0 Å². The van der Waals surface area contributed by atoms with Gasteiger partial charge in [-0.2, -0.15) is 0 Å². The fourth-order valence-corrected chi connectivity index (χ4v) is 3.01. The Hall–Kier alpha value is -1.65. The van der Waals surface area contributed by atoms with Gasteiger partial charge >= 0.3 is 11.9 Å². The molecule has 0 unspecified atom stereocenters. The summed E-state index contributed by atoms with van der Waals surface area (Å²) >= 11 is 0. The third-order valence-electron chi connectivity index (χ3n) is 4.08. The first-order valence-corrected chi connectivity index (χ1v) is 5.19. The molecule has 3 heterocycles. The van der Waals surface area contributed by atoms with Gasteiger partial charge in [0.05, 0.1) is 23.3 Å². The molecule has 0 aromatic carbocycles. The van der Waals surface area contributed by atoms with Gasteiger partial charge in [0.25, 0.3) is 0 Å². The smallest absolute Gasteiger partial charge is 0.320 e. The van der Waals surface area contributed by atoms with E-state index < -0.39 is 35.2 Å². The lowest BCUT2D eigenvalue weighted by Crippen LogP contribution is -2.64. The quantitative estimate of drug-likeness (QED) is 0.320. The number of hydrogen-bond donors (Lipinski definition) is 0. The zero-order valence-electron chi connectivity index (χ0n) is 8.97. The van der Waals surface area contributed by atoms with Gasteiger partial charge in [0, 0.05) is 7.05 Å². The van der Waals surface area contributed by atoms with Gasteiger partial charge in [0.2, 0.25) is 5.91 Å². The number of fused-ring (bicyclic) bond motifs is 1. The molecule has 2 saturated heterocycles. The van der Waals surface area contributed by atoms with Crippen LogP contribution >= 0.6 is 0 Å². The summed E-state index contributed by atoms with van der Waals surface area (Å²) in [4.78, 5) is 36.7. The summed E-state index contributed by atoms with van der Waals surface area (Å²) in [6.45, 7) is 1.79. The minimum Gasteiger partial charge on any atom is -0.393 e. The number of likely N-dealkylation sites (N-methyl/N-ethyl adjacent to an activating group) is 1. The maximum atomic E-state index is 11.9. The van der Waals surface area contributed by atoms with Crippen molar-refractivity contribution >= 4 is 17.8 Å². The maximum Gasteiger partial charge on any atom is 0.320 e. The topological polar surface area (TPSA) is 63.7 Å². The molecular weight excluding hydrogens is 210 g/mol. The Morgan fingerprint density at radius 2 is 2.00 bits per heavy atom. The number of carbonyl (C=O) groups excluding carboxylic acids is 3. The number of piperidine rings is 1. The number of hydrogen-bond acceptors (Lipinski definition) is 4. The van der Waals surface area contributed by atoms with Gasteiger partial charge in [0.15, 0.2) is 0 Å². The first kappa shape index (κ1) is 9.57. The van der Waals surface area contributed by atoms with E-state index in [0.717, 1.165) is 0 Å². The van der Waals surface area contributed by atoms with Crippen molar-refractivity contribution in [1.29, 1.82) is 0 Å². The van der Waals surface area contributed by atoms with E-state index in [0.29, 0.717) is 0 Å². The van der Waals surface area contributed by atoms with E-state index in [1.54, 1.807) is 24.9 Å². The number of carbonyl (C=O) groups is 3. The number of rotatable bonds is 0. The van der Waals surface area contributed by atoms with Gasteiger partial charge < -0.3 is 9.64 Å². The van der Waals surface area contributed by atoms with Gasteiger partial charge in [-0.3, -0.25) is 14.4 Å². The molecule has 0 spiro atoms. The number of esters is 2. The van der Waals surface area contributed by atoms with Crippen molar-refractivity contribution in [2.24, 2.45) is 17.8 Å². The Morgan fingerprint density at radius 3 is 2.69 bits per heavy atom. The highest BCUT2D eigenvalue weighted by molar-refractivity contribution is 6.03. The van der Waals surface area contributed by atoms with Crippen molar-refractivity contribution in [3.63, 3.8) is 0 Å². The lowest BCUT2D eigenvalue weighted by molar-refractivity contribution is -0.155. The summed E-state index contributed by atoms with van der Waals surface area (Å²) in [5.41, 5.74) is -0.722. The highest BCUT2D eigenvalue weighted by Gasteiger charge is 2.65. The zero-order valence-corrected chi connectivity index (χ0v) is 8.97. The second-order valence-electron chi connectivity index (χ2n) is 4.75. The average Bonchev–Trinajstić information content (AvgIpc) is 2.53. The number of amides is 1. The van der Waals surface area contributed by atoms with Gasteiger partial charge in [-0.1, -0.05) is 12.2 Å². The van der Waals surface area contributed by atoms with Gasteiger partial charge in [-0.05, 0) is 6.92 Å². The van der Waals surface area contributed by atoms with E-state index in [2.05, 4.69) is 4.74 Å². The molecule has 0 radical (unpaired) electrons. The molecule has 4 rings (SSSR count). The lowest BCUT2D eigenvalue weighted by Gasteiger charge is -2.51. The van der Waals surface area contributed by atoms with Crippen LogP contribution in [0.5, 0.6) is 0 Å². The molecule has 0 N–H and O–H groups in total. The van der Waals surface area contributed by atoms with E-state index in [-0.39, 0.29) is 5.91 Å². The molecule has 1 aliphatic carbocycles. The van der Waals surface area contributed by atoms with Crippen LogP contribution in [-0.2, 0) is 19.1 Å². The second kappa shape index (κ2) is 2.53. The Kier molecular flexibility index (Phi) is 1.51. The largest absolute Gasteiger partial charge is 0.393 e. The van der Waals surface area contributed by atoms with E-state index >= 15 is 0 Å². The van der Waals surface area contributed by atoms with E-state index in [1.807, 2.05) is 6.08 Å². The molecule has 2 bridgehead atoms. The minimum atomic E-state index is -0.722. The SMILES string of the molecule is CN1C(=O)[C@H]2C=C[C@@]1(C)[C@@H]1C(=O)OC(=O)[C@@H]21. The molecule has 0 aromatic rings. The van der Waals surface area contributed by atoms with Crippen LogP contribution in [0.2, 0.25) is 0 Å². The van der Waals surface area contributed by atoms with Crippen LogP contribution in [0.15, 0.2) is 12.2 Å². The third-order valence-corrected chi connectivity index (χ3v) is 4.08. The molecule has 0 saturated carbocycles. The molecule has 0 aromatic heterocycles. The summed E-state index contributed by atoms with van der Waals surface area (Å²) in [6, 6.07) is 0. The number of ether oxygens (including phenoxy) is 1. The average molecular weight is 221 g/mol. The molecule has 1 amide bonds. The molecule has 4 atom stereocenters. The van der Waals surface area contributed by atoms with Crippen molar-refractivity contribution in [2.75, 3.05) is 7.05 Å². The summed E-state index contributed by atoms with van der Waals surface area (Å²) < 4.78 is 4.65. The molecule has 16 heavy (non-hydrogen) atoms. The fraction of sp³-hybridized carbons (Fsp3) is 0.545. The lowest BCUT2D eigenvalue weighted by atomic mass is 9.63. The van der Waals surface area contributed by atoms with E-state index in [4.69, 9.17) is 0 Å². The summed E-state index contributed by atoms with van der Waals surface area (Å²) in [7, 11) is 1.66. The van der Waals surface area contributed by atoms with E-state index in [1.165, 1.54) is 0 Å². The highest BCUT2D eigenvalue weighted by Crippen LogP contribution is 2.49. The monoisotopic (exact) mass is 221 g/mol. The van der Waals surface area contributed by atoms with Gasteiger partial charge in [-0.15, -0.1) is 0 Å². The molecule has 5 nitrogen and oxygen atoms in total. The Bertz CT molecular complexity index is 455. The predicted octanol–water partition coefficient (Wildman–Crippen LogP) is -0.281. The normalized spacial score (nSPS) is 45.0. The van der Waals surface area contributed by atoms with E-state index in [9.17, 15) is 14.4 Å². The predicted molar refractivity (Wildman–Crippen MR) is 51.9 cm³/mol. The first-order chi connectivity index (χ1) is 7.47. The maximum absolute atomic E-state index is 11.9. The fourth-order valence-electron chi connectivity index (χ4n) is 3.01. The first-order valence-electron chi connectivity index (χ1n) is 5.19. The van der Waals surface area contributed by atoms with Crippen LogP contribution in [0.3, 0.4) is 0 Å². The molecule has 5 heteroatoms. The van der Waals surface area contributed by atoms with Crippen molar-refractivity contribution in [2.45, 2.75) is 12.5 Å². The summed E-state index contributed by atoms with van der Waals surface area (Å²) in [5.74, 6) is -2.87. The second-order valence-corrected chi connectivity index (χ2v) is 4.75. The Balaban J connectivity index is 2.20. The molecule has 3 aliphatic heterocycles. The molecule has 4 aliphatic rings. The molecule has 2 fully saturated rings. The minimum absolute atomic E-state index is 0.113. The van der Waals surface area contributed by atoms with Crippen molar-refractivity contribution in [3.8, 4) is 0 Å². The number of cyclic esters (lactones) is 2. The third kappa shape index (κ3) is 0.809. The van der Waals surface area contributed by atoms with Crippen LogP contribution in [0.4, 0.5) is 0 Å².